The van der Waals surface area contributed by atoms with Gasteiger partial charge in [-0.3, -0.25) is 14.5 Å². The average molecular weight is 451 g/mol. The van der Waals surface area contributed by atoms with E-state index in [9.17, 15) is 18.4 Å². The molecule has 0 bridgehead atoms. The second-order valence-electron chi connectivity index (χ2n) is 9.11. The Morgan fingerprint density at radius 1 is 1.22 bits per heavy atom. The number of morpholine rings is 1. The van der Waals surface area contributed by atoms with Crippen molar-refractivity contribution in [3.05, 3.63) is 23.8 Å². The molecule has 7 nitrogen and oxygen atoms in total. The number of alkyl halides is 2. The maximum atomic E-state index is 13.8. The van der Waals surface area contributed by atoms with E-state index in [-0.39, 0.29) is 48.4 Å². The summed E-state index contributed by atoms with van der Waals surface area (Å²) in [5.41, 5.74) is 6.15. The third kappa shape index (κ3) is 5.44. The van der Waals surface area contributed by atoms with E-state index in [2.05, 4.69) is 10.2 Å². The molecule has 0 spiro atoms. The van der Waals surface area contributed by atoms with E-state index >= 15 is 0 Å². The first-order valence-corrected chi connectivity index (χ1v) is 11.5. The van der Waals surface area contributed by atoms with E-state index in [1.54, 1.807) is 6.07 Å². The van der Waals surface area contributed by atoms with Gasteiger partial charge in [-0.2, -0.15) is 0 Å². The Morgan fingerprint density at radius 3 is 2.50 bits per heavy atom. The van der Waals surface area contributed by atoms with Crippen molar-refractivity contribution < 1.29 is 23.1 Å². The first kappa shape index (κ1) is 23.1. The Labute approximate surface area is 187 Å². The van der Waals surface area contributed by atoms with Gasteiger partial charge in [-0.25, -0.2) is 8.78 Å². The number of anilines is 2. The lowest BCUT2D eigenvalue weighted by Gasteiger charge is -2.36. The summed E-state index contributed by atoms with van der Waals surface area (Å²) >= 11 is 0. The van der Waals surface area contributed by atoms with Crippen molar-refractivity contribution in [2.24, 2.45) is 17.6 Å². The highest BCUT2D eigenvalue weighted by atomic mass is 19.3. The quantitative estimate of drug-likeness (QED) is 0.572. The lowest BCUT2D eigenvalue weighted by molar-refractivity contribution is -0.125. The molecule has 1 aromatic carbocycles. The second kappa shape index (κ2) is 10.2. The molecule has 9 heteroatoms. The second-order valence-corrected chi connectivity index (χ2v) is 9.11. The summed E-state index contributed by atoms with van der Waals surface area (Å²) in [6, 6.07) is 3.79. The highest BCUT2D eigenvalue weighted by molar-refractivity contribution is 5.97. The Kier molecular flexibility index (Phi) is 7.37. The molecular formula is C23H32F2N4O3. The number of benzene rings is 1. The average Bonchev–Trinajstić information content (AvgIpc) is 3.55. The van der Waals surface area contributed by atoms with Gasteiger partial charge in [-0.05, 0) is 55.7 Å². The van der Waals surface area contributed by atoms with Crippen molar-refractivity contribution in [3.8, 4) is 0 Å². The third-order valence-electron chi connectivity index (χ3n) is 6.68. The number of ether oxygens (including phenoxy) is 1. The molecule has 176 valence electrons. The number of rotatable bonds is 10. The molecule has 3 fully saturated rings. The summed E-state index contributed by atoms with van der Waals surface area (Å²) in [6.45, 7) is 2.27. The van der Waals surface area contributed by atoms with Gasteiger partial charge in [0.1, 0.15) is 12.6 Å². The van der Waals surface area contributed by atoms with Gasteiger partial charge in [0.15, 0.2) is 0 Å². The first-order valence-electron chi connectivity index (χ1n) is 11.5. The number of nitrogens with two attached hydrogens (primary N) is 1. The van der Waals surface area contributed by atoms with Crippen molar-refractivity contribution >= 4 is 23.2 Å². The summed E-state index contributed by atoms with van der Waals surface area (Å²) in [5.74, 6) is 0.590. The van der Waals surface area contributed by atoms with Gasteiger partial charge in [0.25, 0.3) is 12.3 Å². The van der Waals surface area contributed by atoms with E-state index in [0.29, 0.717) is 18.4 Å². The standard InChI is InChI=1S/C23H32F2N4O3/c24-22(25)18-10-17(6-7-19(18)29-8-9-32-14-21(29)30)27-23(31)20(11-26)28(13-16-4-5-16)12-15-2-1-3-15/h6-7,10,15-16,20,22H,1-5,8-9,11-14,26H2,(H,27,31)/t20-/m0/s1. The predicted molar refractivity (Wildman–Crippen MR) is 118 cm³/mol. The van der Waals surface area contributed by atoms with E-state index in [0.717, 1.165) is 13.1 Å². The molecule has 3 N–H and O–H groups in total. The molecule has 1 atom stereocenters. The molecule has 4 rings (SSSR count). The molecule has 3 aliphatic rings. The van der Waals surface area contributed by atoms with Crippen LogP contribution in [0, 0.1) is 11.8 Å². The Bertz CT molecular complexity index is 829. The molecule has 1 saturated heterocycles. The van der Waals surface area contributed by atoms with Crippen LogP contribution in [0.25, 0.3) is 0 Å². The molecular weight excluding hydrogens is 418 g/mol. The first-order chi connectivity index (χ1) is 15.5. The van der Waals surface area contributed by atoms with Crippen molar-refractivity contribution in [1.29, 1.82) is 0 Å². The van der Waals surface area contributed by atoms with E-state index in [1.165, 1.54) is 49.1 Å². The summed E-state index contributed by atoms with van der Waals surface area (Å²) in [6.07, 6.45) is 3.17. The largest absolute Gasteiger partial charge is 0.370 e. The van der Waals surface area contributed by atoms with Gasteiger partial charge in [-0.1, -0.05) is 6.42 Å². The van der Waals surface area contributed by atoms with Gasteiger partial charge < -0.3 is 20.7 Å². The maximum Gasteiger partial charge on any atom is 0.265 e. The van der Waals surface area contributed by atoms with Crippen LogP contribution in [0.15, 0.2) is 18.2 Å². The van der Waals surface area contributed by atoms with E-state index in [4.69, 9.17) is 10.5 Å². The highest BCUT2D eigenvalue weighted by Crippen LogP contribution is 2.35. The molecule has 0 radical (unpaired) electrons. The Hall–Kier alpha value is -2.10. The molecule has 0 unspecified atom stereocenters. The van der Waals surface area contributed by atoms with Crippen LogP contribution in [-0.2, 0) is 14.3 Å². The van der Waals surface area contributed by atoms with Crippen LogP contribution in [0.5, 0.6) is 0 Å². The lowest BCUT2D eigenvalue weighted by atomic mass is 9.84. The Balaban J connectivity index is 1.49. The van der Waals surface area contributed by atoms with Crippen LogP contribution in [0.4, 0.5) is 20.2 Å². The monoisotopic (exact) mass is 450 g/mol. The van der Waals surface area contributed by atoms with Crippen LogP contribution in [0.2, 0.25) is 0 Å². The molecule has 1 heterocycles. The predicted octanol–water partition coefficient (Wildman–Crippen LogP) is 2.77. The minimum atomic E-state index is -2.78. The van der Waals surface area contributed by atoms with Gasteiger partial charge in [0.05, 0.1) is 12.3 Å². The molecule has 2 aliphatic carbocycles. The van der Waals surface area contributed by atoms with Gasteiger partial charge in [0, 0.05) is 37.4 Å². The molecule has 1 aromatic rings. The van der Waals surface area contributed by atoms with E-state index in [1.807, 2.05) is 0 Å². The number of nitrogens with zero attached hydrogens (tertiary/aromatic N) is 2. The summed E-state index contributed by atoms with van der Waals surface area (Å²) < 4.78 is 32.7. The zero-order valence-corrected chi connectivity index (χ0v) is 18.3. The van der Waals surface area contributed by atoms with Crippen LogP contribution >= 0.6 is 0 Å². The topological polar surface area (TPSA) is 87.9 Å². The molecule has 32 heavy (non-hydrogen) atoms. The van der Waals surface area contributed by atoms with Crippen molar-refractivity contribution in [1.82, 2.24) is 4.90 Å². The molecule has 2 amide bonds. The van der Waals surface area contributed by atoms with Gasteiger partial charge >= 0.3 is 0 Å². The number of carbonyl (C=O) groups excluding carboxylic acids is 2. The SMILES string of the molecule is NC[C@@H](C(=O)Nc1ccc(N2CCOCC2=O)c(C(F)F)c1)N(CC1CCC1)CC1CC1. The fourth-order valence-corrected chi connectivity index (χ4v) is 4.44. The Morgan fingerprint density at radius 2 is 1.94 bits per heavy atom. The number of carbonyl (C=O) groups is 2. The van der Waals surface area contributed by atoms with Crippen LogP contribution < -0.4 is 16.0 Å². The van der Waals surface area contributed by atoms with E-state index < -0.39 is 12.5 Å². The summed E-state index contributed by atoms with van der Waals surface area (Å²) in [7, 11) is 0. The van der Waals surface area contributed by atoms with Crippen molar-refractivity contribution in [2.75, 3.05) is 49.6 Å². The molecule has 1 aliphatic heterocycles. The number of hydrogen-bond acceptors (Lipinski definition) is 5. The lowest BCUT2D eigenvalue weighted by Crippen LogP contribution is -2.51. The number of amides is 2. The maximum absolute atomic E-state index is 13.8. The normalized spacial score (nSPS) is 20.5. The van der Waals surface area contributed by atoms with Gasteiger partial charge in [0.2, 0.25) is 5.91 Å². The zero-order chi connectivity index (χ0) is 22.7. The van der Waals surface area contributed by atoms with Crippen LogP contribution in [0.1, 0.15) is 44.1 Å². The third-order valence-corrected chi connectivity index (χ3v) is 6.68. The van der Waals surface area contributed by atoms with Crippen molar-refractivity contribution in [3.63, 3.8) is 0 Å². The smallest absolute Gasteiger partial charge is 0.265 e. The number of hydrogen-bond donors (Lipinski definition) is 2. The fraction of sp³-hybridized carbons (Fsp3) is 0.652. The number of halogens is 2. The molecule has 0 aromatic heterocycles. The minimum absolute atomic E-state index is 0.128. The fourth-order valence-electron chi connectivity index (χ4n) is 4.44. The summed E-state index contributed by atoms with van der Waals surface area (Å²) in [4.78, 5) is 28.7. The van der Waals surface area contributed by atoms with Gasteiger partial charge in [-0.15, -0.1) is 0 Å². The molecule has 2 saturated carbocycles. The van der Waals surface area contributed by atoms with Crippen LogP contribution in [0.3, 0.4) is 0 Å². The van der Waals surface area contributed by atoms with Crippen molar-refractivity contribution in [2.45, 2.75) is 44.6 Å². The number of nitrogens with one attached hydrogen (secondary N) is 1. The summed E-state index contributed by atoms with van der Waals surface area (Å²) in [5, 5.41) is 2.79. The zero-order valence-electron chi connectivity index (χ0n) is 18.3. The van der Waals surface area contributed by atoms with Crippen LogP contribution in [-0.4, -0.2) is 62.1 Å². The highest BCUT2D eigenvalue weighted by Gasteiger charge is 2.34. The minimum Gasteiger partial charge on any atom is -0.370 e.